The summed E-state index contributed by atoms with van der Waals surface area (Å²) < 4.78 is 28.5. The molecule has 0 aliphatic rings. The minimum atomic E-state index is -0.0992. The lowest BCUT2D eigenvalue weighted by atomic mass is 10.1. The molecule has 0 radical (unpaired) electrons. The van der Waals surface area contributed by atoms with Gasteiger partial charge in [-0.2, -0.15) is 0 Å². The Hall–Kier alpha value is -1.02. The minimum absolute atomic E-state index is 0.0512. The van der Waals surface area contributed by atoms with E-state index in [1.54, 1.807) is 13.8 Å². The smallest absolute Gasteiger partial charge is 0.125 e. The molecule has 72 valence electrons. The molecule has 2 N–H and O–H groups in total. The topological polar surface area (TPSA) is 35.2 Å². The monoisotopic (exact) mass is 182 g/mol. The fourth-order valence-electron chi connectivity index (χ4n) is 1.04. The fourth-order valence-corrected chi connectivity index (χ4v) is 1.04. The molecular formula is C11H17NO. The quantitative estimate of drug-likeness (QED) is 0.776. The van der Waals surface area contributed by atoms with Gasteiger partial charge in [-0.15, -0.1) is 0 Å². The van der Waals surface area contributed by atoms with E-state index < -0.39 is 0 Å². The number of hydrogen-bond donors (Lipinski definition) is 1. The number of para-hydroxylation sites is 1. The molecule has 0 aromatic heterocycles. The van der Waals surface area contributed by atoms with Crippen molar-refractivity contribution in [1.29, 1.82) is 0 Å². The zero-order valence-corrected chi connectivity index (χ0v) is 8.27. The first kappa shape index (κ1) is 6.44. The van der Waals surface area contributed by atoms with Gasteiger partial charge in [-0.05, 0) is 31.9 Å². The fraction of sp³-hybridized carbons (Fsp3) is 0.455. The summed E-state index contributed by atoms with van der Waals surface area (Å²) in [6, 6.07) is -0.0495. The van der Waals surface area contributed by atoms with Gasteiger partial charge in [0, 0.05) is 6.04 Å². The van der Waals surface area contributed by atoms with Crippen molar-refractivity contribution in [3.05, 3.63) is 29.3 Å². The highest BCUT2D eigenvalue weighted by atomic mass is 16.5. The van der Waals surface area contributed by atoms with E-state index in [0.29, 0.717) is 23.5 Å². The van der Waals surface area contributed by atoms with Gasteiger partial charge >= 0.3 is 0 Å². The molecule has 1 rings (SSSR count). The van der Waals surface area contributed by atoms with Crippen LogP contribution in [0.1, 0.15) is 22.2 Å². The number of benzene rings is 1. The van der Waals surface area contributed by atoms with Gasteiger partial charge in [-0.25, -0.2) is 0 Å². The molecule has 2 nitrogen and oxygen atoms in total. The first-order valence-corrected chi connectivity index (χ1v) is 4.31. The lowest BCUT2D eigenvalue weighted by Crippen LogP contribution is -2.24. The van der Waals surface area contributed by atoms with Crippen LogP contribution in [-0.4, -0.2) is 12.6 Å². The largest absolute Gasteiger partial charge is 0.491 e. The van der Waals surface area contributed by atoms with Gasteiger partial charge in [0.1, 0.15) is 12.4 Å². The standard InChI is InChI=1S/C11H17NO/c1-8-5-4-6-9(2)11(8)13-7-10(3)12/h4-6,10H,7,12H2,1-3H3/i4D,5D,6D. The number of rotatable bonds is 3. The Kier molecular flexibility index (Phi) is 2.12. The van der Waals surface area contributed by atoms with E-state index in [1.807, 2.05) is 6.92 Å². The summed E-state index contributed by atoms with van der Waals surface area (Å²) in [6.07, 6.45) is 0. The van der Waals surface area contributed by atoms with E-state index in [4.69, 9.17) is 14.6 Å². The summed E-state index contributed by atoms with van der Waals surface area (Å²) in [5.41, 5.74) is 6.78. The molecule has 0 aliphatic carbocycles. The highest BCUT2D eigenvalue weighted by Crippen LogP contribution is 2.22. The Morgan fingerprint density at radius 3 is 2.46 bits per heavy atom. The van der Waals surface area contributed by atoms with Gasteiger partial charge in [0.2, 0.25) is 0 Å². The molecular weight excluding hydrogens is 162 g/mol. The second-order valence-corrected chi connectivity index (χ2v) is 3.24. The second-order valence-electron chi connectivity index (χ2n) is 3.24. The summed E-state index contributed by atoms with van der Waals surface area (Å²) in [4.78, 5) is 0. The van der Waals surface area contributed by atoms with Crippen LogP contribution in [0.4, 0.5) is 0 Å². The average molecular weight is 182 g/mol. The SMILES string of the molecule is [2H]c1c([2H])c(C)c(OCC(C)N)c(C)c1[2H]. The van der Waals surface area contributed by atoms with Crippen LogP contribution >= 0.6 is 0 Å². The molecule has 0 aliphatic heterocycles. The maximum atomic E-state index is 7.69. The zero-order chi connectivity index (χ0) is 12.5. The molecule has 0 saturated carbocycles. The van der Waals surface area contributed by atoms with Gasteiger partial charge < -0.3 is 10.5 Å². The lowest BCUT2D eigenvalue weighted by molar-refractivity contribution is 0.292. The molecule has 1 unspecified atom stereocenters. The van der Waals surface area contributed by atoms with Crippen LogP contribution in [0.5, 0.6) is 5.75 Å². The van der Waals surface area contributed by atoms with Crippen molar-refractivity contribution in [2.45, 2.75) is 26.8 Å². The first-order chi connectivity index (χ1) is 7.36. The third-order valence-electron chi connectivity index (χ3n) is 1.67. The Balaban J connectivity index is 3.18. The maximum absolute atomic E-state index is 7.69. The van der Waals surface area contributed by atoms with Crippen molar-refractivity contribution < 1.29 is 8.85 Å². The highest BCUT2D eigenvalue weighted by molar-refractivity contribution is 5.39. The predicted octanol–water partition coefficient (Wildman–Crippen LogP) is 2.03. The van der Waals surface area contributed by atoms with E-state index >= 15 is 0 Å². The number of ether oxygens (including phenoxy) is 1. The summed E-state index contributed by atoms with van der Waals surface area (Å²) in [7, 11) is 0. The van der Waals surface area contributed by atoms with E-state index in [0.717, 1.165) is 0 Å². The Bertz CT molecular complexity index is 376. The van der Waals surface area contributed by atoms with Gasteiger partial charge in [0.15, 0.2) is 0 Å². The molecule has 0 spiro atoms. The van der Waals surface area contributed by atoms with Crippen molar-refractivity contribution in [2.24, 2.45) is 5.73 Å². The van der Waals surface area contributed by atoms with Crippen molar-refractivity contribution in [1.82, 2.24) is 0 Å². The molecule has 1 atom stereocenters. The van der Waals surface area contributed by atoms with Crippen LogP contribution in [0, 0.1) is 13.8 Å². The average Bonchev–Trinajstić information content (AvgIpc) is 2.23. The van der Waals surface area contributed by atoms with E-state index in [-0.39, 0.29) is 24.2 Å². The first-order valence-electron chi connectivity index (χ1n) is 5.81. The van der Waals surface area contributed by atoms with Gasteiger partial charge in [-0.3, -0.25) is 0 Å². The second kappa shape index (κ2) is 4.28. The highest BCUT2D eigenvalue weighted by Gasteiger charge is 2.03. The molecule has 0 bridgehead atoms. The molecule has 1 aromatic rings. The Labute approximate surface area is 83.9 Å². The van der Waals surface area contributed by atoms with Gasteiger partial charge in [0.05, 0.1) is 4.11 Å². The summed E-state index contributed by atoms with van der Waals surface area (Å²) in [5, 5.41) is 0. The zero-order valence-electron chi connectivity index (χ0n) is 11.3. The van der Waals surface area contributed by atoms with Gasteiger partial charge in [-0.1, -0.05) is 18.1 Å². The van der Waals surface area contributed by atoms with E-state index in [1.165, 1.54) is 0 Å². The van der Waals surface area contributed by atoms with Crippen LogP contribution in [0.15, 0.2) is 18.1 Å². The Morgan fingerprint density at radius 2 is 2.00 bits per heavy atom. The van der Waals surface area contributed by atoms with Crippen molar-refractivity contribution in [3.8, 4) is 5.75 Å². The molecule has 0 fully saturated rings. The van der Waals surface area contributed by atoms with Crippen LogP contribution in [0.2, 0.25) is 0 Å². The summed E-state index contributed by atoms with van der Waals surface area (Å²) in [6.45, 7) is 5.62. The number of nitrogens with two attached hydrogens (primary N) is 1. The third kappa shape index (κ3) is 2.74. The molecule has 0 amide bonds. The summed E-state index contributed by atoms with van der Waals surface area (Å²) >= 11 is 0. The van der Waals surface area contributed by atoms with Crippen LogP contribution < -0.4 is 10.5 Å². The minimum Gasteiger partial charge on any atom is -0.491 e. The summed E-state index contributed by atoms with van der Waals surface area (Å²) in [5.74, 6) is 0.517. The Morgan fingerprint density at radius 1 is 1.46 bits per heavy atom. The molecule has 2 heteroatoms. The lowest BCUT2D eigenvalue weighted by Gasteiger charge is -2.13. The van der Waals surface area contributed by atoms with E-state index in [9.17, 15) is 0 Å². The number of hydrogen-bond acceptors (Lipinski definition) is 2. The predicted molar refractivity (Wildman–Crippen MR) is 55.1 cm³/mol. The van der Waals surface area contributed by atoms with Crippen molar-refractivity contribution in [3.63, 3.8) is 0 Å². The van der Waals surface area contributed by atoms with Crippen LogP contribution in [0.25, 0.3) is 0 Å². The normalized spacial score (nSPS) is 15.8. The molecule has 0 heterocycles. The third-order valence-corrected chi connectivity index (χ3v) is 1.67. The molecule has 0 saturated heterocycles. The van der Waals surface area contributed by atoms with Crippen molar-refractivity contribution in [2.75, 3.05) is 6.61 Å². The van der Waals surface area contributed by atoms with E-state index in [2.05, 4.69) is 0 Å². The van der Waals surface area contributed by atoms with Crippen LogP contribution in [0.3, 0.4) is 0 Å². The van der Waals surface area contributed by atoms with Crippen LogP contribution in [-0.2, 0) is 0 Å². The van der Waals surface area contributed by atoms with Gasteiger partial charge in [0.25, 0.3) is 0 Å². The molecule has 13 heavy (non-hydrogen) atoms. The molecule has 1 aromatic carbocycles. The van der Waals surface area contributed by atoms with Crippen molar-refractivity contribution >= 4 is 0 Å². The maximum Gasteiger partial charge on any atom is 0.125 e.